The lowest BCUT2D eigenvalue weighted by Gasteiger charge is -2.16. The lowest BCUT2D eigenvalue weighted by Crippen LogP contribution is -2.43. The summed E-state index contributed by atoms with van der Waals surface area (Å²) >= 11 is 1.57. The van der Waals surface area contributed by atoms with E-state index in [1.807, 2.05) is 13.2 Å². The minimum Gasteiger partial charge on any atom is -0.484 e. The number of nitrogens with one attached hydrogen (secondary N) is 1. The van der Waals surface area contributed by atoms with Crippen molar-refractivity contribution < 1.29 is 23.5 Å². The molecule has 1 heterocycles. The second-order valence-corrected chi connectivity index (χ2v) is 6.61. The molecule has 1 unspecified atom stereocenters. The Balaban J connectivity index is 2.00. The van der Waals surface area contributed by atoms with E-state index in [2.05, 4.69) is 5.32 Å². The van der Waals surface area contributed by atoms with Gasteiger partial charge < -0.3 is 19.2 Å². The lowest BCUT2D eigenvalue weighted by molar-refractivity contribution is -0.145. The van der Waals surface area contributed by atoms with E-state index >= 15 is 0 Å². The number of methoxy groups -OCH3 is 1. The minimum absolute atomic E-state index is 0.270. The van der Waals surface area contributed by atoms with Gasteiger partial charge in [-0.2, -0.15) is 11.8 Å². The zero-order valence-corrected chi connectivity index (χ0v) is 15.7. The summed E-state index contributed by atoms with van der Waals surface area (Å²) in [6.45, 7) is 1.54. The first-order valence-corrected chi connectivity index (χ1v) is 9.37. The fourth-order valence-electron chi connectivity index (χ4n) is 2.41. The number of amides is 1. The second-order valence-electron chi connectivity index (χ2n) is 5.62. The average molecular weight is 379 g/mol. The molecule has 0 aliphatic rings. The van der Waals surface area contributed by atoms with Gasteiger partial charge in [0.25, 0.3) is 5.91 Å². The molecule has 140 valence electrons. The molecule has 0 saturated carbocycles. The summed E-state index contributed by atoms with van der Waals surface area (Å²) in [6, 6.07) is 5.71. The number of fused-ring (bicyclic) bond motifs is 1. The maximum atomic E-state index is 12.1. The van der Waals surface area contributed by atoms with Crippen LogP contribution in [0, 0.1) is 6.92 Å². The maximum absolute atomic E-state index is 12.1. The lowest BCUT2D eigenvalue weighted by atomic mass is 10.1. The van der Waals surface area contributed by atoms with E-state index in [9.17, 15) is 14.4 Å². The largest absolute Gasteiger partial charge is 0.484 e. The number of esters is 1. The number of rotatable bonds is 8. The molecule has 0 aliphatic heterocycles. The predicted octanol–water partition coefficient (Wildman–Crippen LogP) is 1.89. The molecule has 0 saturated heterocycles. The van der Waals surface area contributed by atoms with Crippen LogP contribution in [0.2, 0.25) is 0 Å². The molecule has 0 bridgehead atoms. The summed E-state index contributed by atoms with van der Waals surface area (Å²) in [6.07, 6.45) is 2.39. The van der Waals surface area contributed by atoms with E-state index in [0.717, 1.165) is 10.9 Å². The molecule has 0 fully saturated rings. The van der Waals surface area contributed by atoms with E-state index in [0.29, 0.717) is 23.5 Å². The predicted molar refractivity (Wildman–Crippen MR) is 99.7 cm³/mol. The van der Waals surface area contributed by atoms with E-state index in [4.69, 9.17) is 13.9 Å². The Morgan fingerprint density at radius 3 is 2.77 bits per heavy atom. The molecule has 1 amide bonds. The molecule has 1 aromatic carbocycles. The van der Waals surface area contributed by atoms with Crippen LogP contribution in [0.25, 0.3) is 11.0 Å². The average Bonchev–Trinajstić information content (AvgIpc) is 2.62. The zero-order valence-electron chi connectivity index (χ0n) is 14.9. The van der Waals surface area contributed by atoms with Gasteiger partial charge in [0.1, 0.15) is 17.4 Å². The van der Waals surface area contributed by atoms with Crippen molar-refractivity contribution >= 4 is 34.6 Å². The van der Waals surface area contributed by atoms with Gasteiger partial charge in [-0.3, -0.25) is 4.79 Å². The van der Waals surface area contributed by atoms with Crippen molar-refractivity contribution in [2.45, 2.75) is 19.4 Å². The number of hydrogen-bond acceptors (Lipinski definition) is 7. The Hall–Kier alpha value is -2.48. The van der Waals surface area contributed by atoms with Crippen LogP contribution in [0.5, 0.6) is 5.75 Å². The maximum Gasteiger partial charge on any atom is 0.336 e. The van der Waals surface area contributed by atoms with Crippen molar-refractivity contribution in [2.75, 3.05) is 25.7 Å². The van der Waals surface area contributed by atoms with Gasteiger partial charge in [0, 0.05) is 17.5 Å². The van der Waals surface area contributed by atoms with Crippen LogP contribution in [0.4, 0.5) is 0 Å². The van der Waals surface area contributed by atoms with Crippen LogP contribution in [-0.4, -0.2) is 43.6 Å². The number of ether oxygens (including phenoxy) is 2. The number of carbonyl (C=O) groups excluding carboxylic acids is 2. The van der Waals surface area contributed by atoms with Crippen LogP contribution < -0.4 is 15.7 Å². The van der Waals surface area contributed by atoms with Crippen molar-refractivity contribution in [1.82, 2.24) is 5.32 Å². The van der Waals surface area contributed by atoms with Gasteiger partial charge in [-0.25, -0.2) is 9.59 Å². The van der Waals surface area contributed by atoms with Gasteiger partial charge in [-0.1, -0.05) is 0 Å². The Kier molecular flexibility index (Phi) is 7.08. The molecule has 1 atom stereocenters. The highest BCUT2D eigenvalue weighted by atomic mass is 32.2. The molecule has 1 aromatic heterocycles. The highest BCUT2D eigenvalue weighted by Crippen LogP contribution is 2.22. The summed E-state index contributed by atoms with van der Waals surface area (Å²) in [7, 11) is 1.28. The molecule has 0 aliphatic carbocycles. The van der Waals surface area contributed by atoms with Crippen molar-refractivity contribution in [3.63, 3.8) is 0 Å². The smallest absolute Gasteiger partial charge is 0.336 e. The number of carbonyl (C=O) groups is 2. The van der Waals surface area contributed by atoms with Crippen LogP contribution in [-0.2, 0) is 14.3 Å². The van der Waals surface area contributed by atoms with Crippen LogP contribution in [0.1, 0.15) is 12.0 Å². The Morgan fingerprint density at radius 1 is 1.31 bits per heavy atom. The molecule has 26 heavy (non-hydrogen) atoms. The molecule has 8 heteroatoms. The minimum atomic E-state index is -0.708. The molecule has 0 spiro atoms. The van der Waals surface area contributed by atoms with Gasteiger partial charge in [-0.15, -0.1) is 0 Å². The first-order valence-electron chi connectivity index (χ1n) is 7.98. The summed E-state index contributed by atoms with van der Waals surface area (Å²) < 4.78 is 15.3. The Morgan fingerprint density at radius 2 is 2.08 bits per heavy atom. The molecular weight excluding hydrogens is 358 g/mol. The molecule has 2 aromatic rings. The van der Waals surface area contributed by atoms with Gasteiger partial charge in [-0.05, 0) is 43.0 Å². The highest BCUT2D eigenvalue weighted by molar-refractivity contribution is 7.98. The summed E-state index contributed by atoms with van der Waals surface area (Å²) in [5.74, 6) is 0.173. The van der Waals surface area contributed by atoms with Crippen LogP contribution in [0.15, 0.2) is 33.5 Å². The molecule has 1 N–H and O–H groups in total. The topological polar surface area (TPSA) is 94.8 Å². The van der Waals surface area contributed by atoms with Crippen molar-refractivity contribution in [2.24, 2.45) is 0 Å². The fourth-order valence-corrected chi connectivity index (χ4v) is 2.88. The molecular formula is C18H21NO6S. The fraction of sp³-hybridized carbons (Fsp3) is 0.389. The number of thioether (sulfide) groups is 1. The number of hydrogen-bond donors (Lipinski definition) is 1. The van der Waals surface area contributed by atoms with Crippen LogP contribution >= 0.6 is 11.8 Å². The third kappa shape index (κ3) is 5.26. The third-order valence-electron chi connectivity index (χ3n) is 3.72. The quantitative estimate of drug-likeness (QED) is 0.553. The highest BCUT2D eigenvalue weighted by Gasteiger charge is 2.21. The van der Waals surface area contributed by atoms with E-state index in [1.165, 1.54) is 13.2 Å². The third-order valence-corrected chi connectivity index (χ3v) is 4.37. The van der Waals surface area contributed by atoms with Gasteiger partial charge in [0.2, 0.25) is 0 Å². The van der Waals surface area contributed by atoms with Crippen molar-refractivity contribution in [1.29, 1.82) is 0 Å². The van der Waals surface area contributed by atoms with Crippen molar-refractivity contribution in [3.05, 3.63) is 40.2 Å². The van der Waals surface area contributed by atoms with Gasteiger partial charge >= 0.3 is 11.6 Å². The number of benzene rings is 1. The first kappa shape index (κ1) is 19.8. The van der Waals surface area contributed by atoms with E-state index < -0.39 is 23.5 Å². The van der Waals surface area contributed by atoms with Crippen molar-refractivity contribution in [3.8, 4) is 5.75 Å². The Labute approximate surface area is 155 Å². The van der Waals surface area contributed by atoms with Crippen LogP contribution in [0.3, 0.4) is 0 Å². The Bertz CT molecular complexity index is 847. The number of aryl methyl sites for hydroxylation is 1. The monoisotopic (exact) mass is 379 g/mol. The van der Waals surface area contributed by atoms with Gasteiger partial charge in [0.05, 0.1) is 7.11 Å². The summed E-state index contributed by atoms with van der Waals surface area (Å²) in [5.41, 5.74) is 0.746. The molecule has 2 rings (SSSR count). The zero-order chi connectivity index (χ0) is 19.1. The second kappa shape index (κ2) is 9.28. The molecule has 0 radical (unpaired) electrons. The van der Waals surface area contributed by atoms with Gasteiger partial charge in [0.15, 0.2) is 6.61 Å². The summed E-state index contributed by atoms with van der Waals surface area (Å²) in [4.78, 5) is 35.2. The SMILES string of the molecule is COC(=O)C(CCSC)NC(=O)COc1ccc2c(C)cc(=O)oc2c1. The van der Waals surface area contributed by atoms with E-state index in [-0.39, 0.29) is 6.61 Å². The van der Waals surface area contributed by atoms with E-state index in [1.54, 1.807) is 30.0 Å². The summed E-state index contributed by atoms with van der Waals surface area (Å²) in [5, 5.41) is 3.40. The first-order chi connectivity index (χ1) is 12.4. The normalized spacial score (nSPS) is 11.8. The molecule has 7 nitrogen and oxygen atoms in total. The standard InChI is InChI=1S/C18H21NO6S/c1-11-8-17(21)25-15-9-12(4-5-13(11)15)24-10-16(20)19-14(6-7-26-3)18(22)23-2/h4-5,8-9,14H,6-7,10H2,1-3H3,(H,19,20).